The summed E-state index contributed by atoms with van der Waals surface area (Å²) in [6.45, 7) is 3.59. The number of nitriles is 1. The number of rotatable bonds is 4. The van der Waals surface area contributed by atoms with E-state index < -0.39 is 0 Å². The van der Waals surface area contributed by atoms with Crippen molar-refractivity contribution in [2.45, 2.75) is 6.04 Å². The minimum Gasteiger partial charge on any atom is -0.493 e. The van der Waals surface area contributed by atoms with Gasteiger partial charge in [0, 0.05) is 31.7 Å². The summed E-state index contributed by atoms with van der Waals surface area (Å²) in [4.78, 5) is 4.40. The van der Waals surface area contributed by atoms with E-state index in [1.807, 2.05) is 6.07 Å². The maximum atomic E-state index is 9.58. The first-order valence-corrected chi connectivity index (χ1v) is 7.22. The Kier molecular flexibility index (Phi) is 5.29. The van der Waals surface area contributed by atoms with E-state index in [-0.39, 0.29) is 6.04 Å². The topological polar surface area (TPSA) is 48.7 Å². The normalized spacial score (nSPS) is 18.0. The van der Waals surface area contributed by atoms with Crippen LogP contribution in [-0.4, -0.2) is 57.2 Å². The number of ether oxygens (including phenoxy) is 2. The number of halogens is 1. The molecular formula is C15H20ClN3O2. The number of likely N-dealkylation sites (N-methyl/N-ethyl adjacent to an activating group) is 1. The van der Waals surface area contributed by atoms with Gasteiger partial charge in [-0.25, -0.2) is 0 Å². The van der Waals surface area contributed by atoms with E-state index in [0.29, 0.717) is 16.5 Å². The molecule has 0 spiro atoms. The Labute approximate surface area is 130 Å². The Morgan fingerprint density at radius 3 is 2.38 bits per heavy atom. The molecule has 0 aromatic heterocycles. The standard InChI is InChI=1S/C15H20ClN3O2/c1-18-6-8-19(9-7-18)12(10-17)11-4-5-13(20-2)15(21-3)14(11)16/h4-5,12H,6-9H2,1-3H3. The second-order valence-corrected chi connectivity index (χ2v) is 5.45. The van der Waals surface area contributed by atoms with Crippen LogP contribution in [0.25, 0.3) is 0 Å². The summed E-state index contributed by atoms with van der Waals surface area (Å²) >= 11 is 6.42. The van der Waals surface area contributed by atoms with Crippen LogP contribution in [0.1, 0.15) is 11.6 Å². The summed E-state index contributed by atoms with van der Waals surface area (Å²) in [6, 6.07) is 5.62. The Hall–Kier alpha value is -1.48. The molecule has 1 atom stereocenters. The lowest BCUT2D eigenvalue weighted by Gasteiger charge is -2.35. The third-order valence-corrected chi connectivity index (χ3v) is 4.22. The van der Waals surface area contributed by atoms with Gasteiger partial charge in [0.05, 0.1) is 25.3 Å². The Balaban J connectivity index is 2.33. The van der Waals surface area contributed by atoms with Crippen LogP contribution in [0.4, 0.5) is 0 Å². The highest BCUT2D eigenvalue weighted by molar-refractivity contribution is 6.33. The number of hydrogen-bond acceptors (Lipinski definition) is 5. The molecule has 2 rings (SSSR count). The average Bonchev–Trinajstić information content (AvgIpc) is 2.50. The lowest BCUT2D eigenvalue weighted by Crippen LogP contribution is -2.45. The average molecular weight is 310 g/mol. The van der Waals surface area contributed by atoms with Crippen LogP contribution in [-0.2, 0) is 0 Å². The van der Waals surface area contributed by atoms with E-state index in [2.05, 4.69) is 22.9 Å². The van der Waals surface area contributed by atoms with Gasteiger partial charge >= 0.3 is 0 Å². The number of benzene rings is 1. The largest absolute Gasteiger partial charge is 0.493 e. The minimum atomic E-state index is -0.369. The number of nitrogens with zero attached hydrogens (tertiary/aromatic N) is 3. The van der Waals surface area contributed by atoms with Crippen molar-refractivity contribution in [2.75, 3.05) is 47.4 Å². The number of methoxy groups -OCH3 is 2. The highest BCUT2D eigenvalue weighted by Gasteiger charge is 2.27. The first-order chi connectivity index (χ1) is 10.1. The van der Waals surface area contributed by atoms with Crippen LogP contribution < -0.4 is 9.47 Å². The second kappa shape index (κ2) is 6.99. The molecule has 0 bridgehead atoms. The molecule has 21 heavy (non-hydrogen) atoms. The van der Waals surface area contributed by atoms with E-state index in [9.17, 15) is 5.26 Å². The molecule has 0 N–H and O–H groups in total. The van der Waals surface area contributed by atoms with E-state index in [4.69, 9.17) is 21.1 Å². The minimum absolute atomic E-state index is 0.369. The van der Waals surface area contributed by atoms with Gasteiger partial charge in [0.2, 0.25) is 0 Å². The van der Waals surface area contributed by atoms with Gasteiger partial charge < -0.3 is 14.4 Å². The van der Waals surface area contributed by atoms with E-state index in [1.54, 1.807) is 20.3 Å². The molecule has 1 fully saturated rings. The Morgan fingerprint density at radius 2 is 1.86 bits per heavy atom. The molecule has 1 aromatic rings. The van der Waals surface area contributed by atoms with Gasteiger partial charge in [-0.1, -0.05) is 17.7 Å². The molecule has 1 aromatic carbocycles. The van der Waals surface area contributed by atoms with Gasteiger partial charge in [0.15, 0.2) is 11.5 Å². The van der Waals surface area contributed by atoms with E-state index in [1.165, 1.54) is 0 Å². The third-order valence-electron chi connectivity index (χ3n) is 3.83. The SMILES string of the molecule is COc1ccc(C(C#N)N2CCN(C)CC2)c(Cl)c1OC. The summed E-state index contributed by atoms with van der Waals surface area (Å²) < 4.78 is 10.5. The van der Waals surface area contributed by atoms with Crippen molar-refractivity contribution in [1.82, 2.24) is 9.80 Å². The maximum Gasteiger partial charge on any atom is 0.179 e. The predicted octanol–water partition coefficient (Wildman–Crippen LogP) is 2.17. The van der Waals surface area contributed by atoms with Gasteiger partial charge in [0.25, 0.3) is 0 Å². The lowest BCUT2D eigenvalue weighted by atomic mass is 10.0. The van der Waals surface area contributed by atoms with Crippen molar-refractivity contribution >= 4 is 11.6 Å². The second-order valence-electron chi connectivity index (χ2n) is 5.08. The quantitative estimate of drug-likeness (QED) is 0.853. The molecular weight excluding hydrogens is 290 g/mol. The molecule has 1 aliphatic rings. The fraction of sp³-hybridized carbons (Fsp3) is 0.533. The van der Waals surface area contributed by atoms with E-state index >= 15 is 0 Å². The van der Waals surface area contributed by atoms with Gasteiger partial charge in [-0.05, 0) is 13.1 Å². The number of piperazine rings is 1. The molecule has 6 heteroatoms. The zero-order valence-corrected chi connectivity index (χ0v) is 13.4. The van der Waals surface area contributed by atoms with Crippen molar-refractivity contribution in [3.63, 3.8) is 0 Å². The Bertz CT molecular complexity index is 536. The summed E-state index contributed by atoms with van der Waals surface area (Å²) in [7, 11) is 5.20. The molecule has 0 amide bonds. The molecule has 5 nitrogen and oxygen atoms in total. The number of hydrogen-bond donors (Lipinski definition) is 0. The lowest BCUT2D eigenvalue weighted by molar-refractivity contribution is 0.132. The predicted molar refractivity (Wildman–Crippen MR) is 82.0 cm³/mol. The first kappa shape index (κ1) is 15.9. The molecule has 0 radical (unpaired) electrons. The molecule has 0 aliphatic carbocycles. The zero-order valence-electron chi connectivity index (χ0n) is 12.6. The van der Waals surface area contributed by atoms with Gasteiger partial charge in [0.1, 0.15) is 6.04 Å². The molecule has 1 aliphatic heterocycles. The van der Waals surface area contributed by atoms with Gasteiger partial charge in [-0.15, -0.1) is 0 Å². The molecule has 1 unspecified atom stereocenters. The fourth-order valence-electron chi connectivity index (χ4n) is 2.54. The molecule has 0 saturated carbocycles. The third kappa shape index (κ3) is 3.24. The van der Waals surface area contributed by atoms with Crippen LogP contribution in [0, 0.1) is 11.3 Å². The van der Waals surface area contributed by atoms with Crippen molar-refractivity contribution in [3.8, 4) is 17.6 Å². The monoisotopic (exact) mass is 309 g/mol. The zero-order chi connectivity index (χ0) is 15.4. The smallest absolute Gasteiger partial charge is 0.179 e. The molecule has 1 heterocycles. The van der Waals surface area contributed by atoms with Crippen LogP contribution in [0.15, 0.2) is 12.1 Å². The van der Waals surface area contributed by atoms with Crippen molar-refractivity contribution in [2.24, 2.45) is 0 Å². The summed E-state index contributed by atoms with van der Waals surface area (Å²) in [5, 5.41) is 10.0. The van der Waals surface area contributed by atoms with Crippen molar-refractivity contribution in [1.29, 1.82) is 5.26 Å². The highest BCUT2D eigenvalue weighted by Crippen LogP contribution is 2.40. The van der Waals surface area contributed by atoms with Gasteiger partial charge in [-0.2, -0.15) is 5.26 Å². The molecule has 114 valence electrons. The summed E-state index contributed by atoms with van der Waals surface area (Å²) in [5.74, 6) is 1.05. The maximum absolute atomic E-state index is 9.58. The summed E-state index contributed by atoms with van der Waals surface area (Å²) in [6.07, 6.45) is 0. The highest BCUT2D eigenvalue weighted by atomic mass is 35.5. The van der Waals surface area contributed by atoms with Crippen molar-refractivity contribution in [3.05, 3.63) is 22.7 Å². The van der Waals surface area contributed by atoms with Crippen LogP contribution in [0.3, 0.4) is 0 Å². The fourth-order valence-corrected chi connectivity index (χ4v) is 2.88. The summed E-state index contributed by atoms with van der Waals surface area (Å²) in [5.41, 5.74) is 0.765. The molecule has 1 saturated heterocycles. The van der Waals surface area contributed by atoms with Gasteiger partial charge in [-0.3, -0.25) is 4.90 Å². The van der Waals surface area contributed by atoms with Crippen molar-refractivity contribution < 1.29 is 9.47 Å². The van der Waals surface area contributed by atoms with Crippen LogP contribution in [0.2, 0.25) is 5.02 Å². The first-order valence-electron chi connectivity index (χ1n) is 6.85. The van der Waals surface area contributed by atoms with E-state index in [0.717, 1.165) is 31.7 Å². The Morgan fingerprint density at radius 1 is 1.19 bits per heavy atom. The van der Waals surface area contributed by atoms with Crippen LogP contribution >= 0.6 is 11.6 Å². The van der Waals surface area contributed by atoms with Crippen LogP contribution in [0.5, 0.6) is 11.5 Å².